The molecule has 24 heteroatoms. The Kier molecular flexibility index (Phi) is 22.9. The highest BCUT2D eigenvalue weighted by atomic mass is 16.4. The molecule has 1 rings (SSSR count). The summed E-state index contributed by atoms with van der Waals surface area (Å²) in [7, 11) is 0. The van der Waals surface area contributed by atoms with Crippen LogP contribution in [0.15, 0.2) is 35.3 Å². The van der Waals surface area contributed by atoms with E-state index < -0.39 is 128 Å². The summed E-state index contributed by atoms with van der Waals surface area (Å²) in [6, 6.07) is -1.72. The summed E-state index contributed by atoms with van der Waals surface area (Å²) in [5.41, 5.74) is 16.6. The number of carboxylic acid groups (broad SMARTS) is 2. The first-order chi connectivity index (χ1) is 28.2. The topological polar surface area (TPSA) is 409 Å². The molecule has 0 radical (unpaired) electrons. The molecule has 17 N–H and O–H groups in total. The number of guanidine groups is 1. The van der Waals surface area contributed by atoms with Crippen molar-refractivity contribution in [2.45, 2.75) is 95.2 Å². The molecule has 334 valence electrons. The van der Waals surface area contributed by atoms with Gasteiger partial charge in [-0.25, -0.2) is 4.79 Å². The van der Waals surface area contributed by atoms with E-state index in [1.165, 1.54) is 6.92 Å². The molecule has 0 aromatic heterocycles. The van der Waals surface area contributed by atoms with Crippen molar-refractivity contribution in [3.63, 3.8) is 0 Å². The molecule has 0 heterocycles. The summed E-state index contributed by atoms with van der Waals surface area (Å²) in [5, 5.41) is 54.2. The van der Waals surface area contributed by atoms with Gasteiger partial charge in [-0.3, -0.25) is 43.3 Å². The number of carbonyl (C=O) groups excluding carboxylic acids is 7. The molecule has 0 aliphatic rings. The Morgan fingerprint density at radius 2 is 1.25 bits per heavy atom. The van der Waals surface area contributed by atoms with E-state index in [4.69, 9.17) is 22.3 Å². The molecular weight excluding hydrogens is 794 g/mol. The highest BCUT2D eigenvalue weighted by Gasteiger charge is 2.32. The van der Waals surface area contributed by atoms with Gasteiger partial charge < -0.3 is 74.8 Å². The first kappa shape index (κ1) is 51.6. The van der Waals surface area contributed by atoms with Gasteiger partial charge in [-0.15, -0.1) is 0 Å². The average molecular weight is 852 g/mol. The van der Waals surface area contributed by atoms with E-state index >= 15 is 0 Å². The second-order valence-electron chi connectivity index (χ2n) is 13.7. The minimum Gasteiger partial charge on any atom is -0.481 e. The molecule has 0 saturated heterocycles. The lowest BCUT2D eigenvalue weighted by Gasteiger charge is -2.26. The SMILES string of the molecule is CC[C@H](C)[C@H](NC(=O)[C@H](C)NC(=O)[C@H](CO)NC(=O)[C@@H](N)CC(=O)O)C(=O)NCC(=O)N[C@@H](Cc1ccccc1)C(=O)N[C@@H](CO)C(=O)N[C@@H](CCCN=C(N)N)C(=O)O. The first-order valence-corrected chi connectivity index (χ1v) is 18.8. The fourth-order valence-electron chi connectivity index (χ4n) is 5.19. The smallest absolute Gasteiger partial charge is 0.326 e. The molecule has 1 aromatic rings. The van der Waals surface area contributed by atoms with Crippen LogP contribution in [-0.4, -0.2) is 148 Å². The number of amides is 7. The molecule has 0 spiro atoms. The van der Waals surface area contributed by atoms with Crippen molar-refractivity contribution in [2.24, 2.45) is 28.1 Å². The summed E-state index contributed by atoms with van der Waals surface area (Å²) in [4.78, 5) is 117. The van der Waals surface area contributed by atoms with Crippen LogP contribution in [0.3, 0.4) is 0 Å². The Bertz CT molecular complexity index is 1680. The highest BCUT2D eigenvalue weighted by Crippen LogP contribution is 2.09. The van der Waals surface area contributed by atoms with Crippen molar-refractivity contribution in [2.75, 3.05) is 26.3 Å². The summed E-state index contributed by atoms with van der Waals surface area (Å²) < 4.78 is 0. The second kappa shape index (κ2) is 26.6. The molecule has 60 heavy (non-hydrogen) atoms. The minimum absolute atomic E-state index is 0.0831. The monoisotopic (exact) mass is 851 g/mol. The Hall–Kier alpha value is -6.40. The molecule has 0 saturated carbocycles. The van der Waals surface area contributed by atoms with Gasteiger partial charge in [-0.05, 0) is 31.2 Å². The summed E-state index contributed by atoms with van der Waals surface area (Å²) in [5.74, 6) is -10.0. The number of aliphatic imine (C=N–C) groups is 1. The summed E-state index contributed by atoms with van der Waals surface area (Å²) in [6.07, 6.45) is -0.396. The highest BCUT2D eigenvalue weighted by molar-refractivity contribution is 5.97. The van der Waals surface area contributed by atoms with E-state index in [9.17, 15) is 58.5 Å². The third kappa shape index (κ3) is 18.9. The van der Waals surface area contributed by atoms with Crippen molar-refractivity contribution < 1.29 is 63.6 Å². The van der Waals surface area contributed by atoms with Crippen LogP contribution >= 0.6 is 0 Å². The van der Waals surface area contributed by atoms with E-state index in [0.29, 0.717) is 12.0 Å². The van der Waals surface area contributed by atoms with Gasteiger partial charge in [0.05, 0.1) is 32.2 Å². The maximum atomic E-state index is 13.5. The van der Waals surface area contributed by atoms with Gasteiger partial charge >= 0.3 is 11.9 Å². The molecule has 0 bridgehead atoms. The summed E-state index contributed by atoms with van der Waals surface area (Å²) >= 11 is 0. The number of aliphatic hydroxyl groups is 2. The number of aliphatic hydroxyl groups excluding tert-OH is 2. The molecule has 24 nitrogen and oxygen atoms in total. The predicted molar refractivity (Wildman–Crippen MR) is 212 cm³/mol. The average Bonchev–Trinajstić information content (AvgIpc) is 3.19. The van der Waals surface area contributed by atoms with Gasteiger partial charge in [0.15, 0.2) is 5.96 Å². The number of nitrogens with one attached hydrogen (secondary N) is 7. The number of nitrogens with zero attached hydrogens (tertiary/aromatic N) is 1. The third-order valence-corrected chi connectivity index (χ3v) is 8.83. The Balaban J connectivity index is 3.01. The van der Waals surface area contributed by atoms with Gasteiger partial charge in [-0.2, -0.15) is 0 Å². The Morgan fingerprint density at radius 3 is 1.78 bits per heavy atom. The van der Waals surface area contributed by atoms with Crippen LogP contribution in [0.5, 0.6) is 0 Å². The Morgan fingerprint density at radius 1 is 0.700 bits per heavy atom. The van der Waals surface area contributed by atoms with E-state index in [2.05, 4.69) is 42.2 Å². The maximum absolute atomic E-state index is 13.5. The van der Waals surface area contributed by atoms with E-state index in [0.717, 1.165) is 0 Å². The van der Waals surface area contributed by atoms with Gasteiger partial charge in [0.2, 0.25) is 41.4 Å². The number of nitrogens with two attached hydrogens (primary N) is 3. The number of benzene rings is 1. The van der Waals surface area contributed by atoms with E-state index in [1.807, 2.05) is 0 Å². The van der Waals surface area contributed by atoms with Crippen molar-refractivity contribution >= 4 is 59.2 Å². The largest absolute Gasteiger partial charge is 0.481 e. The first-order valence-electron chi connectivity index (χ1n) is 18.8. The zero-order chi connectivity index (χ0) is 45.5. The molecule has 0 unspecified atom stereocenters. The second-order valence-corrected chi connectivity index (χ2v) is 13.7. The zero-order valence-corrected chi connectivity index (χ0v) is 33.5. The van der Waals surface area contributed by atoms with E-state index in [1.54, 1.807) is 44.2 Å². The quantitative estimate of drug-likeness (QED) is 0.0223. The van der Waals surface area contributed by atoms with Crippen LogP contribution in [0.4, 0.5) is 0 Å². The molecule has 1 aromatic carbocycles. The number of carbonyl (C=O) groups is 9. The van der Waals surface area contributed by atoms with Crippen LogP contribution < -0.4 is 54.4 Å². The fraction of sp³-hybridized carbons (Fsp3) is 0.556. The van der Waals surface area contributed by atoms with E-state index in [-0.39, 0.29) is 31.8 Å². The molecular formula is C36H57N11O13. The standard InChI is InChI=1S/C36H57N11O13/c1-4-18(2)28(47-29(53)19(3)42-32(56)24(16-48)45-30(54)21(37)14-27(51)52)34(58)41-15-26(50)43-23(13-20-9-6-5-7-10-20)31(55)46-25(17-49)33(57)44-22(35(59)60)11-8-12-40-36(38)39/h5-7,9-10,18-19,21-25,28,48-49H,4,8,11-17,37H2,1-3H3,(H,41,58)(H,42,56)(H,43,50)(H,44,57)(H,45,54)(H,46,55)(H,47,53)(H,51,52)(H,59,60)(H4,38,39,40)/t18-,19-,21-,22-,23-,24-,25-,28-/m0/s1. The van der Waals surface area contributed by atoms with Gasteiger partial charge in [0, 0.05) is 13.0 Å². The lowest BCUT2D eigenvalue weighted by atomic mass is 9.98. The molecule has 7 amide bonds. The van der Waals surface area contributed by atoms with Crippen LogP contribution in [0, 0.1) is 5.92 Å². The number of hydrogen-bond donors (Lipinski definition) is 14. The summed E-state index contributed by atoms with van der Waals surface area (Å²) in [6.45, 7) is 2.14. The lowest BCUT2D eigenvalue weighted by molar-refractivity contribution is -0.142. The van der Waals surface area contributed by atoms with Crippen LogP contribution in [0.2, 0.25) is 0 Å². The number of rotatable bonds is 27. The molecule has 0 fully saturated rings. The van der Waals surface area contributed by atoms with Crippen molar-refractivity contribution in [1.82, 2.24) is 37.2 Å². The van der Waals surface area contributed by atoms with Crippen molar-refractivity contribution in [1.29, 1.82) is 0 Å². The molecule has 0 aliphatic heterocycles. The maximum Gasteiger partial charge on any atom is 0.326 e. The number of hydrogen-bond acceptors (Lipinski definition) is 13. The van der Waals surface area contributed by atoms with Gasteiger partial charge in [0.25, 0.3) is 0 Å². The van der Waals surface area contributed by atoms with Crippen molar-refractivity contribution in [3.05, 3.63) is 35.9 Å². The normalized spacial score (nSPS) is 14.8. The van der Waals surface area contributed by atoms with Crippen LogP contribution in [0.25, 0.3) is 0 Å². The Labute approximate surface area is 345 Å². The molecule has 8 atom stereocenters. The minimum atomic E-state index is -1.63. The fourth-order valence-corrected chi connectivity index (χ4v) is 5.19. The number of aliphatic carboxylic acids is 2. The third-order valence-electron chi connectivity index (χ3n) is 8.83. The van der Waals surface area contributed by atoms with Gasteiger partial charge in [-0.1, -0.05) is 50.6 Å². The van der Waals surface area contributed by atoms with Crippen LogP contribution in [-0.2, 0) is 49.6 Å². The lowest BCUT2D eigenvalue weighted by Crippen LogP contribution is -2.59. The zero-order valence-electron chi connectivity index (χ0n) is 33.5. The van der Waals surface area contributed by atoms with Crippen LogP contribution in [0.1, 0.15) is 52.0 Å². The van der Waals surface area contributed by atoms with Gasteiger partial charge in [0.1, 0.15) is 36.3 Å². The van der Waals surface area contributed by atoms with Crippen molar-refractivity contribution in [3.8, 4) is 0 Å². The predicted octanol–water partition coefficient (Wildman–Crippen LogP) is -5.76. The molecule has 0 aliphatic carbocycles. The number of carboxylic acids is 2.